The lowest BCUT2D eigenvalue weighted by molar-refractivity contribution is -0.152. The minimum absolute atomic E-state index is 0.0268. The Morgan fingerprint density at radius 1 is 0.435 bits per heavy atom. The zero-order valence-electron chi connectivity index (χ0n) is 65.3. The second-order valence-electron chi connectivity index (χ2n) is 28.5. The molecule has 0 heterocycles. The van der Waals surface area contributed by atoms with Crippen molar-refractivity contribution in [2.75, 3.05) is 65.6 Å². The number of amides is 5. The first-order valence-electron chi connectivity index (χ1n) is 38.5. The molecule has 0 saturated carbocycles. The number of hydrogen-bond donors (Lipinski definition) is 5. The summed E-state index contributed by atoms with van der Waals surface area (Å²) in [4.78, 5) is 107. The highest BCUT2D eigenvalue weighted by Gasteiger charge is 2.32. The van der Waals surface area contributed by atoms with E-state index in [-0.39, 0.29) is 80.0 Å². The lowest BCUT2D eigenvalue weighted by atomic mass is 9.98. The average molecular weight is 1480 g/mol. The van der Waals surface area contributed by atoms with Gasteiger partial charge in [-0.3, -0.25) is 28.8 Å². The van der Waals surface area contributed by atoms with E-state index in [1.165, 1.54) is 83.5 Å². The van der Waals surface area contributed by atoms with Gasteiger partial charge in [0, 0.05) is 73.9 Å². The smallest absolute Gasteiger partial charge is 0.407 e. The third-order valence-electron chi connectivity index (χ3n) is 18.7. The van der Waals surface area contributed by atoms with Gasteiger partial charge in [0.05, 0.1) is 5.92 Å². The molecule has 3 aliphatic rings. The molecule has 7 aromatic rings. The van der Waals surface area contributed by atoms with Crippen molar-refractivity contribution in [1.82, 2.24) is 25.8 Å². The predicted molar refractivity (Wildman–Crippen MR) is 416 cm³/mol. The van der Waals surface area contributed by atoms with E-state index in [2.05, 4.69) is 88.7 Å². The fourth-order valence-corrected chi connectivity index (χ4v) is 13.4. The van der Waals surface area contributed by atoms with E-state index >= 15 is 0 Å². The van der Waals surface area contributed by atoms with E-state index in [4.69, 9.17) is 36.6 Å². The van der Waals surface area contributed by atoms with Crippen LogP contribution in [0.5, 0.6) is 0 Å². The summed E-state index contributed by atoms with van der Waals surface area (Å²) in [5.74, 6) is -3.46. The number of hydrogen-bond acceptors (Lipinski definition) is 14. The maximum absolute atomic E-state index is 12.4. The molecule has 0 saturated heterocycles. The van der Waals surface area contributed by atoms with Gasteiger partial charge in [0.15, 0.2) is 0 Å². The van der Waals surface area contributed by atoms with Crippen molar-refractivity contribution >= 4 is 54.0 Å². The number of fused-ring (bicyclic) bond motifs is 9. The van der Waals surface area contributed by atoms with Crippen LogP contribution in [0, 0.1) is 17.8 Å². The number of rotatable bonds is 32. The SMILES string of the molecule is CC(=O)OC(C)(C)C.C[C@@H](CCCCNC(=O)OCC1c2ccccc2-c2ccccc21)C(=O)O.[3H]CC(=O)N(CC(=O)O)C[C@@H](C)CCCCNC(=O)OCC1c2ccccc2-c2ccccc21.[3H]CC(=O)N(CC(=O)OCc1ccccc1)C[C@@H](C)CCCCNC(=O)OCC1c2ccccc2-c2ccccc21. The number of aliphatic carboxylic acids is 2. The standard InChI is InChI=1S/C33H38N2O5.C26H32N2O5.C22H25NO4.C6H12O2/c1-24(20-35(25(2)36)21-32(37)39-22-26-13-4-3-5-14-26)12-10-11-19-34-33(38)40-23-31-29-17-8-6-15-27(29)28-16-7-9-18-30(28)31;1-18(15-28(19(2)29)16-25(30)31)9-7-8-14-27-26(32)33-17-24-22-12-5-3-10-20(22)21-11-4-6-13-23(21)24;1-15(21(24)25)8-6-7-13-23-22(26)27-14-20-18-11-4-2-9-16(18)17-10-3-5-12-19(17)20;1-5(7)8-6(2,3)4/h3-9,13-18,24,31H,10-12,19-23H2,1-2H3,(H,34,38);3-6,10-13,18,24H,7-9,14-17H2,1-2H3,(H,27,32)(H,30,31);2-5,9-12,15,20H,6-8,13-14H2,1H3,(H,23,26)(H,24,25);1-4H3/t24-;18-;15-;/m000./s1/i2*2T;;. The highest BCUT2D eigenvalue weighted by molar-refractivity contribution is 5.83. The molecule has 3 atom stereocenters. The second-order valence-corrected chi connectivity index (χ2v) is 28.5. The predicted octanol–water partition coefficient (Wildman–Crippen LogP) is 16.0. The molecule has 5 N–H and O–H groups in total. The highest BCUT2D eigenvalue weighted by Crippen LogP contribution is 2.47. The zero-order chi connectivity index (χ0) is 79.5. The van der Waals surface area contributed by atoms with Crippen molar-refractivity contribution in [3.63, 3.8) is 0 Å². The fourth-order valence-electron chi connectivity index (χ4n) is 13.4. The first-order chi connectivity index (χ1) is 52.8. The Hall–Kier alpha value is -10.8. The van der Waals surface area contributed by atoms with Crippen molar-refractivity contribution in [1.29, 1.82) is 0 Å². The number of alkyl carbamates (subject to hydrolysis) is 3. The summed E-state index contributed by atoms with van der Waals surface area (Å²) in [7, 11) is 0. The minimum Gasteiger partial charge on any atom is -0.481 e. The monoisotopic (exact) mass is 1480 g/mol. The van der Waals surface area contributed by atoms with Crippen LogP contribution in [0.2, 0.25) is 0 Å². The van der Waals surface area contributed by atoms with E-state index in [1.54, 1.807) is 6.92 Å². The van der Waals surface area contributed by atoms with Gasteiger partial charge in [-0.05, 0) is 143 Å². The summed E-state index contributed by atoms with van der Waals surface area (Å²) in [6, 6.07) is 58.7. The molecule has 5 amide bonds. The van der Waals surface area contributed by atoms with Gasteiger partial charge in [0.2, 0.25) is 11.8 Å². The number of carbonyl (C=O) groups excluding carboxylic acids is 7. The average Bonchev–Trinajstić information content (AvgIpc) is 1.63. The molecule has 21 heteroatoms. The van der Waals surface area contributed by atoms with Crippen LogP contribution in [-0.4, -0.2) is 145 Å². The van der Waals surface area contributed by atoms with Crippen molar-refractivity contribution in [3.05, 3.63) is 215 Å². The van der Waals surface area contributed by atoms with Crippen molar-refractivity contribution < 1.29 is 79.8 Å². The Morgan fingerprint density at radius 3 is 1.05 bits per heavy atom. The Labute approximate surface area is 638 Å². The van der Waals surface area contributed by atoms with E-state index < -0.39 is 61.8 Å². The van der Waals surface area contributed by atoms with E-state index in [1.807, 2.05) is 138 Å². The molecule has 0 bridgehead atoms. The van der Waals surface area contributed by atoms with Gasteiger partial charge in [-0.1, -0.05) is 216 Å². The lowest BCUT2D eigenvalue weighted by Gasteiger charge is -2.24. The number of ether oxygens (including phenoxy) is 5. The van der Waals surface area contributed by atoms with Crippen LogP contribution in [0.15, 0.2) is 176 Å². The van der Waals surface area contributed by atoms with Gasteiger partial charge in [-0.25, -0.2) is 14.4 Å². The third-order valence-corrected chi connectivity index (χ3v) is 18.7. The first-order valence-corrected chi connectivity index (χ1v) is 37.1. The van der Waals surface area contributed by atoms with Gasteiger partial charge < -0.3 is 59.6 Å². The summed E-state index contributed by atoms with van der Waals surface area (Å²) < 4.78 is 41.3. The van der Waals surface area contributed by atoms with Gasteiger partial charge in [-0.15, -0.1) is 0 Å². The molecule has 21 nitrogen and oxygen atoms in total. The fraction of sp³-hybridized carbons (Fsp3) is 0.414. The molecule has 3 aliphatic carbocycles. The molecular weight excluding hydrogens is 1370 g/mol. The number of nitrogens with one attached hydrogen (secondary N) is 3. The van der Waals surface area contributed by atoms with Crippen LogP contribution < -0.4 is 16.0 Å². The Bertz CT molecular complexity index is 4030. The molecule has 7 aromatic carbocycles. The van der Waals surface area contributed by atoms with Gasteiger partial charge >= 0.3 is 42.2 Å². The summed E-state index contributed by atoms with van der Waals surface area (Å²) in [5.41, 5.74) is 14.8. The minimum atomic E-state index is -1.08. The molecule has 0 aromatic heterocycles. The molecule has 0 unspecified atom stereocenters. The van der Waals surface area contributed by atoms with Gasteiger partial charge in [0.25, 0.3) is 0 Å². The van der Waals surface area contributed by atoms with Crippen LogP contribution in [0.3, 0.4) is 0 Å². The normalized spacial score (nSPS) is 13.1. The van der Waals surface area contributed by atoms with E-state index in [0.29, 0.717) is 45.8 Å². The molecule has 0 spiro atoms. The van der Waals surface area contributed by atoms with Crippen molar-refractivity contribution in [2.45, 2.75) is 150 Å². The number of esters is 2. The van der Waals surface area contributed by atoms with E-state index in [0.717, 1.165) is 56.9 Å². The molecule has 0 aliphatic heterocycles. The van der Waals surface area contributed by atoms with Crippen LogP contribution in [-0.2, 0) is 59.1 Å². The number of nitrogens with zero attached hydrogens (tertiary/aromatic N) is 2. The summed E-state index contributed by atoms with van der Waals surface area (Å²) >= 11 is 0. The number of carboxylic acids is 2. The van der Waals surface area contributed by atoms with Crippen LogP contribution in [0.4, 0.5) is 14.4 Å². The molecule has 0 radical (unpaired) electrons. The number of carbonyl (C=O) groups is 9. The quantitative estimate of drug-likeness (QED) is 0.0149. The van der Waals surface area contributed by atoms with Crippen LogP contribution >= 0.6 is 0 Å². The van der Waals surface area contributed by atoms with Gasteiger partial charge in [0.1, 0.15) is 45.1 Å². The maximum Gasteiger partial charge on any atom is 0.407 e. The molecular formula is C87H107N5O16. The number of unbranched alkanes of at least 4 members (excludes halogenated alkanes) is 3. The highest BCUT2D eigenvalue weighted by atomic mass is 16.6. The van der Waals surface area contributed by atoms with Crippen molar-refractivity contribution in [2.24, 2.45) is 17.8 Å². The largest absolute Gasteiger partial charge is 0.481 e. The Balaban J connectivity index is 0.000000222. The van der Waals surface area contributed by atoms with E-state index in [9.17, 15) is 43.2 Å². The zero-order valence-corrected chi connectivity index (χ0v) is 63.3. The maximum atomic E-state index is 12.4. The molecule has 108 heavy (non-hydrogen) atoms. The molecule has 10 rings (SSSR count). The molecule has 0 fully saturated rings. The topological polar surface area (TPSA) is 283 Å². The van der Waals surface area contributed by atoms with Crippen LogP contribution in [0.25, 0.3) is 33.4 Å². The van der Waals surface area contributed by atoms with Crippen LogP contribution in [0.1, 0.15) is 179 Å². The summed E-state index contributed by atoms with van der Waals surface area (Å²) in [6.45, 7) is 14.3. The Morgan fingerprint density at radius 2 is 0.750 bits per heavy atom. The summed E-state index contributed by atoms with van der Waals surface area (Å²) in [6.07, 6.45) is 5.59. The summed E-state index contributed by atoms with van der Waals surface area (Å²) in [5, 5.41) is 26.2. The number of benzene rings is 7. The van der Waals surface area contributed by atoms with Gasteiger partial charge in [-0.2, -0.15) is 0 Å². The second kappa shape index (κ2) is 43.1. The Kier molecular flexibility index (Phi) is 32.4. The third kappa shape index (κ3) is 27.2. The first kappa shape index (κ1) is 81.3. The molecule has 576 valence electrons. The number of carboxylic acid groups (broad SMARTS) is 2. The lowest BCUT2D eigenvalue weighted by Crippen LogP contribution is -2.38. The van der Waals surface area contributed by atoms with Crippen molar-refractivity contribution in [3.8, 4) is 33.4 Å².